The van der Waals surface area contributed by atoms with E-state index in [1.54, 1.807) is 0 Å². The first-order valence-electron chi connectivity index (χ1n) is 6.77. The van der Waals surface area contributed by atoms with E-state index in [2.05, 4.69) is 17.8 Å². The Labute approximate surface area is 117 Å². The molecular weight excluding hydrogens is 260 g/mol. The van der Waals surface area contributed by atoms with Crippen molar-refractivity contribution in [1.82, 2.24) is 10.9 Å². The predicted molar refractivity (Wildman–Crippen MR) is 71.7 cm³/mol. The summed E-state index contributed by atoms with van der Waals surface area (Å²) in [6.45, 7) is 2.35. The Hall–Kier alpha value is -1.79. The van der Waals surface area contributed by atoms with Crippen LogP contribution < -0.4 is 20.3 Å². The number of nitrogens with one attached hydrogen (secondary N) is 2. The first-order valence-corrected chi connectivity index (χ1v) is 6.77. The second-order valence-corrected chi connectivity index (χ2v) is 5.25. The molecule has 3 atom stereocenters. The first kappa shape index (κ1) is 13.2. The number of aliphatic carboxylic acids is 1. The molecule has 1 fully saturated rings. The fraction of sp³-hybridized carbons (Fsp3) is 0.500. The molecule has 0 aromatic heterocycles. The molecule has 0 radical (unpaired) electrons. The summed E-state index contributed by atoms with van der Waals surface area (Å²) in [6.07, 6.45) is 0.749. The minimum absolute atomic E-state index is 0.0986. The highest BCUT2D eigenvalue weighted by Gasteiger charge is 2.35. The summed E-state index contributed by atoms with van der Waals surface area (Å²) in [4.78, 5) is 10.7. The number of hydrazine groups is 1. The van der Waals surface area contributed by atoms with Crippen molar-refractivity contribution < 1.29 is 19.4 Å². The molecule has 1 saturated heterocycles. The van der Waals surface area contributed by atoms with Crippen molar-refractivity contribution in [1.29, 1.82) is 0 Å². The van der Waals surface area contributed by atoms with Gasteiger partial charge in [0, 0.05) is 24.4 Å². The topological polar surface area (TPSA) is 79.8 Å². The van der Waals surface area contributed by atoms with E-state index < -0.39 is 5.97 Å². The lowest BCUT2D eigenvalue weighted by molar-refractivity contribution is -0.137. The van der Waals surface area contributed by atoms with Crippen LogP contribution in [0.5, 0.6) is 11.5 Å². The van der Waals surface area contributed by atoms with Crippen molar-refractivity contribution in [2.75, 3.05) is 6.79 Å². The highest BCUT2D eigenvalue weighted by molar-refractivity contribution is 5.66. The highest BCUT2D eigenvalue weighted by Crippen LogP contribution is 2.37. The molecule has 0 amide bonds. The number of benzene rings is 1. The standard InChI is InChI=1S/C14H18N2O4/c1-8-14(10(16-15-8)3-5-13(17)18)9-2-4-11-12(6-9)20-7-19-11/h2,4,6,8,10,14-16H,3,5,7H2,1H3,(H,17,18). The molecule has 0 bridgehead atoms. The van der Waals surface area contributed by atoms with E-state index in [1.807, 2.05) is 18.2 Å². The lowest BCUT2D eigenvalue weighted by Gasteiger charge is -2.21. The molecule has 6 nitrogen and oxygen atoms in total. The van der Waals surface area contributed by atoms with Gasteiger partial charge in [-0.05, 0) is 31.0 Å². The normalized spacial score (nSPS) is 27.8. The van der Waals surface area contributed by atoms with E-state index in [-0.39, 0.29) is 31.2 Å². The first-order chi connectivity index (χ1) is 9.65. The van der Waals surface area contributed by atoms with Crippen molar-refractivity contribution in [3.63, 3.8) is 0 Å². The lowest BCUT2D eigenvalue weighted by atomic mass is 9.85. The second kappa shape index (κ2) is 5.30. The lowest BCUT2D eigenvalue weighted by Crippen LogP contribution is -2.32. The average molecular weight is 278 g/mol. The van der Waals surface area contributed by atoms with Gasteiger partial charge in [-0.15, -0.1) is 0 Å². The Bertz CT molecular complexity index is 520. The van der Waals surface area contributed by atoms with E-state index in [0.29, 0.717) is 6.42 Å². The molecule has 1 aromatic carbocycles. The van der Waals surface area contributed by atoms with Crippen molar-refractivity contribution in [2.45, 2.75) is 37.8 Å². The Morgan fingerprint density at radius 2 is 2.15 bits per heavy atom. The number of ether oxygens (including phenoxy) is 2. The van der Waals surface area contributed by atoms with Crippen LogP contribution in [0, 0.1) is 0 Å². The average Bonchev–Trinajstić information content (AvgIpc) is 3.01. The maximum absolute atomic E-state index is 10.7. The molecule has 2 heterocycles. The van der Waals surface area contributed by atoms with Gasteiger partial charge in [-0.2, -0.15) is 0 Å². The van der Waals surface area contributed by atoms with E-state index in [1.165, 1.54) is 0 Å². The maximum atomic E-state index is 10.7. The Kier molecular flexibility index (Phi) is 3.50. The molecule has 6 heteroatoms. The number of carboxylic acid groups (broad SMARTS) is 1. The molecule has 20 heavy (non-hydrogen) atoms. The molecule has 1 aromatic rings. The van der Waals surface area contributed by atoms with Gasteiger partial charge < -0.3 is 14.6 Å². The van der Waals surface area contributed by atoms with Crippen LogP contribution >= 0.6 is 0 Å². The van der Waals surface area contributed by atoms with Gasteiger partial charge in [-0.25, -0.2) is 0 Å². The number of fused-ring (bicyclic) bond motifs is 1. The molecule has 108 valence electrons. The fourth-order valence-corrected chi connectivity index (χ4v) is 2.94. The SMILES string of the molecule is CC1NNC(CCC(=O)O)C1c1ccc2c(c1)OCO2. The fourth-order valence-electron chi connectivity index (χ4n) is 2.94. The third kappa shape index (κ3) is 2.44. The number of carboxylic acids is 1. The zero-order chi connectivity index (χ0) is 14.1. The molecule has 0 spiro atoms. The highest BCUT2D eigenvalue weighted by atomic mass is 16.7. The van der Waals surface area contributed by atoms with Gasteiger partial charge in [0.25, 0.3) is 0 Å². The minimum atomic E-state index is -0.768. The van der Waals surface area contributed by atoms with Crippen LogP contribution in [0.2, 0.25) is 0 Å². The smallest absolute Gasteiger partial charge is 0.303 e. The summed E-state index contributed by atoms with van der Waals surface area (Å²) in [5.41, 5.74) is 7.52. The summed E-state index contributed by atoms with van der Waals surface area (Å²) >= 11 is 0. The summed E-state index contributed by atoms with van der Waals surface area (Å²) in [5, 5.41) is 8.84. The Balaban J connectivity index is 1.80. The van der Waals surface area contributed by atoms with E-state index in [0.717, 1.165) is 17.1 Å². The van der Waals surface area contributed by atoms with Crippen LogP contribution in [0.1, 0.15) is 31.2 Å². The van der Waals surface area contributed by atoms with Crippen LogP contribution in [0.15, 0.2) is 18.2 Å². The van der Waals surface area contributed by atoms with Crippen LogP contribution in [0.4, 0.5) is 0 Å². The summed E-state index contributed by atoms with van der Waals surface area (Å²) in [5.74, 6) is 0.973. The number of carbonyl (C=O) groups is 1. The third-order valence-electron chi connectivity index (χ3n) is 3.92. The summed E-state index contributed by atoms with van der Waals surface area (Å²) in [7, 11) is 0. The molecule has 2 aliphatic rings. The van der Waals surface area contributed by atoms with Gasteiger partial charge in [0.15, 0.2) is 11.5 Å². The molecular formula is C14H18N2O4. The van der Waals surface area contributed by atoms with Gasteiger partial charge in [0.2, 0.25) is 6.79 Å². The molecule has 3 unspecified atom stereocenters. The maximum Gasteiger partial charge on any atom is 0.303 e. The van der Waals surface area contributed by atoms with Crippen LogP contribution in [-0.4, -0.2) is 30.0 Å². The van der Waals surface area contributed by atoms with Crippen LogP contribution in [-0.2, 0) is 4.79 Å². The second-order valence-electron chi connectivity index (χ2n) is 5.25. The minimum Gasteiger partial charge on any atom is -0.481 e. The molecule has 3 rings (SSSR count). The zero-order valence-corrected chi connectivity index (χ0v) is 11.3. The number of rotatable bonds is 4. The van der Waals surface area contributed by atoms with Crippen LogP contribution in [0.25, 0.3) is 0 Å². The van der Waals surface area contributed by atoms with Gasteiger partial charge in [0.1, 0.15) is 0 Å². The van der Waals surface area contributed by atoms with E-state index >= 15 is 0 Å². The number of hydrogen-bond acceptors (Lipinski definition) is 5. The third-order valence-corrected chi connectivity index (χ3v) is 3.92. The largest absolute Gasteiger partial charge is 0.481 e. The monoisotopic (exact) mass is 278 g/mol. The van der Waals surface area contributed by atoms with Crippen molar-refractivity contribution >= 4 is 5.97 Å². The van der Waals surface area contributed by atoms with Crippen molar-refractivity contribution in [3.05, 3.63) is 23.8 Å². The molecule has 0 aliphatic carbocycles. The van der Waals surface area contributed by atoms with Gasteiger partial charge in [-0.1, -0.05) is 6.07 Å². The van der Waals surface area contributed by atoms with Crippen molar-refractivity contribution in [2.24, 2.45) is 0 Å². The Morgan fingerprint density at radius 3 is 2.95 bits per heavy atom. The number of hydrogen-bond donors (Lipinski definition) is 3. The van der Waals surface area contributed by atoms with Gasteiger partial charge in [-0.3, -0.25) is 15.6 Å². The van der Waals surface area contributed by atoms with E-state index in [9.17, 15) is 4.79 Å². The van der Waals surface area contributed by atoms with E-state index in [4.69, 9.17) is 14.6 Å². The molecule has 0 saturated carbocycles. The Morgan fingerprint density at radius 1 is 1.35 bits per heavy atom. The molecule has 3 N–H and O–H groups in total. The van der Waals surface area contributed by atoms with Gasteiger partial charge in [0.05, 0.1) is 0 Å². The summed E-state index contributed by atoms with van der Waals surface area (Å²) < 4.78 is 10.7. The quantitative estimate of drug-likeness (QED) is 0.768. The summed E-state index contributed by atoms with van der Waals surface area (Å²) in [6, 6.07) is 6.26. The zero-order valence-electron chi connectivity index (χ0n) is 11.3. The predicted octanol–water partition coefficient (Wildman–Crippen LogP) is 1.23. The van der Waals surface area contributed by atoms with Crippen LogP contribution in [0.3, 0.4) is 0 Å². The molecule has 2 aliphatic heterocycles. The van der Waals surface area contributed by atoms with Crippen molar-refractivity contribution in [3.8, 4) is 11.5 Å². The van der Waals surface area contributed by atoms with Gasteiger partial charge >= 0.3 is 5.97 Å².